The Kier molecular flexibility index (Phi) is 4.44. The van der Waals surface area contributed by atoms with E-state index in [1.165, 1.54) is 5.56 Å². The summed E-state index contributed by atoms with van der Waals surface area (Å²) in [6, 6.07) is 17.4. The normalized spacial score (nSPS) is 12.0. The van der Waals surface area contributed by atoms with Crippen LogP contribution in [0.3, 0.4) is 0 Å². The summed E-state index contributed by atoms with van der Waals surface area (Å²) in [4.78, 5) is 17.6. The molecule has 0 bridgehead atoms. The second-order valence-electron chi connectivity index (χ2n) is 8.61. The van der Waals surface area contributed by atoms with E-state index in [-0.39, 0.29) is 17.1 Å². The van der Waals surface area contributed by atoms with E-state index in [1.807, 2.05) is 43.3 Å². The van der Waals surface area contributed by atoms with Crippen LogP contribution in [0.2, 0.25) is 0 Å². The number of amides is 1. The van der Waals surface area contributed by atoms with Gasteiger partial charge in [0, 0.05) is 11.5 Å². The number of rotatable bonds is 3. The molecule has 5 aromatic rings. The summed E-state index contributed by atoms with van der Waals surface area (Å²) in [5.41, 5.74) is 3.69. The maximum absolute atomic E-state index is 12.8. The van der Waals surface area contributed by atoms with Gasteiger partial charge in [-0.05, 0) is 42.2 Å². The molecule has 0 saturated heterocycles. The maximum atomic E-state index is 12.8. The van der Waals surface area contributed by atoms with E-state index in [9.17, 15) is 4.79 Å². The highest BCUT2D eigenvalue weighted by molar-refractivity contribution is 7.20. The number of anilines is 1. The van der Waals surface area contributed by atoms with Crippen molar-refractivity contribution < 1.29 is 9.21 Å². The topological polar surface area (TPSA) is 73.0 Å². The van der Waals surface area contributed by atoms with Gasteiger partial charge in [-0.2, -0.15) is 9.78 Å². The third-order valence-electron chi connectivity index (χ3n) is 5.15. The zero-order chi connectivity index (χ0) is 21.8. The first kappa shape index (κ1) is 19.5. The molecule has 3 heterocycles. The zero-order valence-electron chi connectivity index (χ0n) is 17.8. The number of carbonyl (C=O) groups is 1. The first-order valence-electron chi connectivity index (χ1n) is 10.1. The van der Waals surface area contributed by atoms with Gasteiger partial charge in [0.1, 0.15) is 11.4 Å². The Morgan fingerprint density at radius 1 is 1.10 bits per heavy atom. The second kappa shape index (κ2) is 7.06. The van der Waals surface area contributed by atoms with Crippen LogP contribution in [0.15, 0.2) is 59.0 Å². The molecule has 0 atom stereocenters. The van der Waals surface area contributed by atoms with Gasteiger partial charge in [-0.3, -0.25) is 4.79 Å². The average Bonchev–Trinajstić information content (AvgIpc) is 3.42. The lowest BCUT2D eigenvalue weighted by Crippen LogP contribution is -2.14. The number of hydrogen-bond acceptors (Lipinski definition) is 5. The van der Waals surface area contributed by atoms with Crippen molar-refractivity contribution in [3.63, 3.8) is 0 Å². The van der Waals surface area contributed by atoms with Crippen molar-refractivity contribution in [3.05, 3.63) is 71.6 Å². The van der Waals surface area contributed by atoms with Gasteiger partial charge in [0.25, 0.3) is 5.91 Å². The van der Waals surface area contributed by atoms with Crippen LogP contribution >= 0.6 is 11.3 Å². The fraction of sp³-hybridized carbons (Fsp3) is 0.208. The van der Waals surface area contributed by atoms with Gasteiger partial charge in [0.2, 0.25) is 5.13 Å². The van der Waals surface area contributed by atoms with Crippen LogP contribution in [0.4, 0.5) is 5.82 Å². The summed E-state index contributed by atoms with van der Waals surface area (Å²) >= 11 is 1.55. The van der Waals surface area contributed by atoms with Gasteiger partial charge in [0.15, 0.2) is 5.76 Å². The van der Waals surface area contributed by atoms with Crippen molar-refractivity contribution in [2.75, 3.05) is 5.32 Å². The first-order valence-corrected chi connectivity index (χ1v) is 10.9. The van der Waals surface area contributed by atoms with Gasteiger partial charge in [-0.25, -0.2) is 4.98 Å². The van der Waals surface area contributed by atoms with E-state index in [2.05, 4.69) is 43.3 Å². The Morgan fingerprint density at radius 3 is 2.68 bits per heavy atom. The van der Waals surface area contributed by atoms with Crippen molar-refractivity contribution >= 4 is 44.2 Å². The van der Waals surface area contributed by atoms with Crippen LogP contribution in [-0.2, 0) is 5.41 Å². The quantitative estimate of drug-likeness (QED) is 0.376. The second-order valence-corrected chi connectivity index (χ2v) is 9.62. The number of para-hydroxylation sites is 1. The number of carbonyl (C=O) groups excluding carboxylic acids is 1. The molecule has 0 aliphatic carbocycles. The van der Waals surface area contributed by atoms with Crippen LogP contribution in [0.5, 0.6) is 0 Å². The maximum Gasteiger partial charge on any atom is 0.292 e. The SMILES string of the molecule is Cc1cc(NC(=O)c2cc3ccccc3o2)n(-c2nc3ccc(C(C)(C)C)cc3s2)n1. The minimum Gasteiger partial charge on any atom is -0.451 e. The van der Waals surface area contributed by atoms with Crippen LogP contribution in [0.25, 0.3) is 26.3 Å². The third kappa shape index (κ3) is 3.61. The molecule has 1 N–H and O–H groups in total. The average molecular weight is 431 g/mol. The zero-order valence-corrected chi connectivity index (χ0v) is 18.6. The Labute approximate surface area is 183 Å². The highest BCUT2D eigenvalue weighted by Gasteiger charge is 2.19. The number of aryl methyl sites for hydroxylation is 1. The number of nitrogens with one attached hydrogen (secondary N) is 1. The third-order valence-corrected chi connectivity index (χ3v) is 6.14. The monoisotopic (exact) mass is 430 g/mol. The smallest absolute Gasteiger partial charge is 0.292 e. The Balaban J connectivity index is 1.49. The van der Waals surface area contributed by atoms with E-state index in [4.69, 9.17) is 9.40 Å². The van der Waals surface area contributed by atoms with Crippen LogP contribution in [-0.4, -0.2) is 20.7 Å². The largest absolute Gasteiger partial charge is 0.451 e. The van der Waals surface area contributed by atoms with E-state index < -0.39 is 0 Å². The predicted molar refractivity (Wildman–Crippen MR) is 124 cm³/mol. The van der Waals surface area contributed by atoms with Crippen molar-refractivity contribution in [3.8, 4) is 5.13 Å². The van der Waals surface area contributed by atoms with Gasteiger partial charge in [-0.1, -0.05) is 56.4 Å². The lowest BCUT2D eigenvalue weighted by atomic mass is 9.87. The molecule has 0 fully saturated rings. The van der Waals surface area contributed by atoms with E-state index >= 15 is 0 Å². The van der Waals surface area contributed by atoms with Gasteiger partial charge >= 0.3 is 0 Å². The molecular weight excluding hydrogens is 408 g/mol. The number of nitrogens with zero attached hydrogens (tertiary/aromatic N) is 3. The standard InChI is InChI=1S/C24H22N4O2S/c1-14-11-21(26-22(29)19-12-15-7-5-6-8-18(15)30-19)28(27-14)23-25-17-10-9-16(24(2,3)4)13-20(17)31-23/h5-13H,1-4H3,(H,26,29). The molecule has 0 saturated carbocycles. The summed E-state index contributed by atoms with van der Waals surface area (Å²) < 4.78 is 8.46. The minimum absolute atomic E-state index is 0.0619. The molecular formula is C24H22N4O2S. The van der Waals surface area contributed by atoms with E-state index in [1.54, 1.807) is 22.1 Å². The number of aromatic nitrogens is 3. The highest BCUT2D eigenvalue weighted by Crippen LogP contribution is 2.32. The van der Waals surface area contributed by atoms with Gasteiger partial charge in [-0.15, -0.1) is 0 Å². The lowest BCUT2D eigenvalue weighted by molar-refractivity contribution is 0.0998. The van der Waals surface area contributed by atoms with Crippen molar-refractivity contribution in [1.29, 1.82) is 0 Å². The Hall–Kier alpha value is -3.45. The minimum atomic E-state index is -0.325. The highest BCUT2D eigenvalue weighted by atomic mass is 32.1. The van der Waals surface area contributed by atoms with E-state index in [0.717, 1.165) is 21.3 Å². The van der Waals surface area contributed by atoms with Crippen LogP contribution in [0.1, 0.15) is 42.6 Å². The van der Waals surface area contributed by atoms with Crippen LogP contribution in [0, 0.1) is 6.92 Å². The molecule has 3 aromatic heterocycles. The van der Waals surface area contributed by atoms with Crippen molar-refractivity contribution in [1.82, 2.24) is 14.8 Å². The molecule has 5 rings (SSSR count). The molecule has 2 aromatic carbocycles. The molecule has 0 aliphatic rings. The molecule has 0 unspecified atom stereocenters. The molecule has 0 spiro atoms. The number of fused-ring (bicyclic) bond motifs is 2. The molecule has 0 radical (unpaired) electrons. The summed E-state index contributed by atoms with van der Waals surface area (Å²) in [6.45, 7) is 8.47. The fourth-order valence-electron chi connectivity index (χ4n) is 3.48. The van der Waals surface area contributed by atoms with Crippen molar-refractivity contribution in [2.45, 2.75) is 33.1 Å². The molecule has 0 aliphatic heterocycles. The summed E-state index contributed by atoms with van der Waals surface area (Å²) in [6.07, 6.45) is 0. The predicted octanol–water partition coefficient (Wildman–Crippen LogP) is 6.09. The van der Waals surface area contributed by atoms with Gasteiger partial charge < -0.3 is 9.73 Å². The van der Waals surface area contributed by atoms with Gasteiger partial charge in [0.05, 0.1) is 15.9 Å². The molecule has 7 heteroatoms. The van der Waals surface area contributed by atoms with Crippen LogP contribution < -0.4 is 5.32 Å². The number of furan rings is 1. The summed E-state index contributed by atoms with van der Waals surface area (Å²) in [5.74, 6) is 0.484. The van der Waals surface area contributed by atoms with E-state index in [0.29, 0.717) is 16.5 Å². The Morgan fingerprint density at radius 2 is 1.90 bits per heavy atom. The number of hydrogen-bond donors (Lipinski definition) is 1. The molecule has 1 amide bonds. The number of benzene rings is 2. The fourth-order valence-corrected chi connectivity index (χ4v) is 4.45. The molecule has 31 heavy (non-hydrogen) atoms. The number of thiazole rings is 1. The molecule has 6 nitrogen and oxygen atoms in total. The summed E-state index contributed by atoms with van der Waals surface area (Å²) in [5, 5.41) is 9.07. The summed E-state index contributed by atoms with van der Waals surface area (Å²) in [7, 11) is 0. The first-order chi connectivity index (χ1) is 14.8. The lowest BCUT2D eigenvalue weighted by Gasteiger charge is -2.18. The van der Waals surface area contributed by atoms with Crippen molar-refractivity contribution in [2.24, 2.45) is 0 Å². The molecule has 156 valence electrons. The Bertz CT molecular complexity index is 1400.